The first-order valence-corrected chi connectivity index (χ1v) is 6.83. The summed E-state index contributed by atoms with van der Waals surface area (Å²) in [6.07, 6.45) is 1.40. The van der Waals surface area contributed by atoms with Crippen LogP contribution in [0.1, 0.15) is 36.2 Å². The molecule has 2 N–H and O–H groups in total. The van der Waals surface area contributed by atoms with Gasteiger partial charge >= 0.3 is 5.97 Å². The number of aryl methyl sites for hydroxylation is 2. The van der Waals surface area contributed by atoms with Crippen LogP contribution in [-0.2, 0) is 6.54 Å². The summed E-state index contributed by atoms with van der Waals surface area (Å²) in [5.41, 5.74) is 1.02. The van der Waals surface area contributed by atoms with E-state index in [2.05, 4.69) is 10.3 Å². The SMILES string of the molecule is Cc1cc(CNC(=O)c2ncccc2C(=O)O)sc1C. The standard InChI is InChI=1S/C14H14N2O3S/c1-8-6-10(20-9(8)2)7-16-13(17)12-11(14(18)19)4-3-5-15-12/h3-6H,7H2,1-2H3,(H,16,17)(H,18,19). The number of carbonyl (C=O) groups is 2. The summed E-state index contributed by atoms with van der Waals surface area (Å²) in [5.74, 6) is -1.64. The summed E-state index contributed by atoms with van der Waals surface area (Å²) in [7, 11) is 0. The number of pyridine rings is 1. The normalized spacial score (nSPS) is 10.3. The number of aromatic carboxylic acids is 1. The van der Waals surface area contributed by atoms with E-state index < -0.39 is 11.9 Å². The fourth-order valence-electron chi connectivity index (χ4n) is 1.75. The van der Waals surface area contributed by atoms with Crippen LogP contribution in [0.25, 0.3) is 0 Å². The molecule has 1 amide bonds. The number of carboxylic acids is 1. The van der Waals surface area contributed by atoms with Gasteiger partial charge in [0.1, 0.15) is 5.69 Å². The highest BCUT2D eigenvalue weighted by Crippen LogP contribution is 2.20. The van der Waals surface area contributed by atoms with Crippen molar-refractivity contribution in [2.24, 2.45) is 0 Å². The Kier molecular flexibility index (Phi) is 4.14. The Morgan fingerprint density at radius 3 is 2.75 bits per heavy atom. The van der Waals surface area contributed by atoms with Gasteiger partial charge in [-0.2, -0.15) is 0 Å². The molecule has 0 atom stereocenters. The van der Waals surface area contributed by atoms with Gasteiger partial charge in [-0.15, -0.1) is 11.3 Å². The van der Waals surface area contributed by atoms with Gasteiger partial charge in [0.15, 0.2) is 0 Å². The molecule has 0 aliphatic heterocycles. The van der Waals surface area contributed by atoms with Crippen LogP contribution in [0, 0.1) is 13.8 Å². The second kappa shape index (κ2) is 5.83. The number of rotatable bonds is 4. The average Bonchev–Trinajstić information content (AvgIpc) is 2.75. The van der Waals surface area contributed by atoms with E-state index in [1.807, 2.05) is 19.9 Å². The summed E-state index contributed by atoms with van der Waals surface area (Å²) >= 11 is 1.61. The smallest absolute Gasteiger partial charge is 0.338 e. The molecule has 2 rings (SSSR count). The first-order valence-electron chi connectivity index (χ1n) is 6.01. The summed E-state index contributed by atoms with van der Waals surface area (Å²) in [6, 6.07) is 4.87. The first-order chi connectivity index (χ1) is 9.49. The van der Waals surface area contributed by atoms with Crippen LogP contribution in [0.4, 0.5) is 0 Å². The Balaban J connectivity index is 2.11. The lowest BCUT2D eigenvalue weighted by molar-refractivity contribution is 0.0690. The van der Waals surface area contributed by atoms with Crippen molar-refractivity contribution >= 4 is 23.2 Å². The summed E-state index contributed by atoms with van der Waals surface area (Å²) in [5, 5.41) is 11.7. The van der Waals surface area contributed by atoms with Crippen LogP contribution in [0.2, 0.25) is 0 Å². The van der Waals surface area contributed by atoms with E-state index in [4.69, 9.17) is 5.11 Å². The molecule has 0 fully saturated rings. The molecule has 0 aliphatic carbocycles. The number of nitrogens with one attached hydrogen (secondary N) is 1. The molecule has 0 saturated heterocycles. The van der Waals surface area contributed by atoms with Crippen molar-refractivity contribution in [1.82, 2.24) is 10.3 Å². The molecule has 5 nitrogen and oxygen atoms in total. The summed E-state index contributed by atoms with van der Waals surface area (Å²) < 4.78 is 0. The molecule has 2 aromatic heterocycles. The largest absolute Gasteiger partial charge is 0.478 e. The van der Waals surface area contributed by atoms with E-state index in [9.17, 15) is 9.59 Å². The van der Waals surface area contributed by atoms with Gasteiger partial charge in [0.25, 0.3) is 5.91 Å². The van der Waals surface area contributed by atoms with Crippen molar-refractivity contribution in [3.63, 3.8) is 0 Å². The van der Waals surface area contributed by atoms with Gasteiger partial charge in [0.2, 0.25) is 0 Å². The molecule has 0 aliphatic rings. The van der Waals surface area contributed by atoms with Crippen LogP contribution in [-0.4, -0.2) is 22.0 Å². The number of thiophene rings is 1. The van der Waals surface area contributed by atoms with Crippen molar-refractivity contribution in [3.05, 3.63) is 51.0 Å². The fraction of sp³-hybridized carbons (Fsp3) is 0.214. The van der Waals surface area contributed by atoms with Crippen LogP contribution >= 0.6 is 11.3 Å². The van der Waals surface area contributed by atoms with Crippen LogP contribution in [0.5, 0.6) is 0 Å². The fourth-order valence-corrected chi connectivity index (χ4v) is 2.74. The number of nitrogens with zero attached hydrogens (tertiary/aromatic N) is 1. The molecular formula is C14H14N2O3S. The van der Waals surface area contributed by atoms with E-state index >= 15 is 0 Å². The number of hydrogen-bond acceptors (Lipinski definition) is 4. The van der Waals surface area contributed by atoms with E-state index in [1.54, 1.807) is 11.3 Å². The molecule has 2 heterocycles. The minimum absolute atomic E-state index is 0.0648. The highest BCUT2D eigenvalue weighted by atomic mass is 32.1. The lowest BCUT2D eigenvalue weighted by Gasteiger charge is -2.05. The molecule has 6 heteroatoms. The maximum atomic E-state index is 12.0. The molecule has 0 bridgehead atoms. The first kappa shape index (κ1) is 14.2. The van der Waals surface area contributed by atoms with E-state index in [0.717, 1.165) is 4.88 Å². The molecule has 20 heavy (non-hydrogen) atoms. The van der Waals surface area contributed by atoms with E-state index in [1.165, 1.54) is 28.8 Å². The van der Waals surface area contributed by atoms with Gasteiger partial charge < -0.3 is 10.4 Å². The van der Waals surface area contributed by atoms with Gasteiger partial charge in [-0.05, 0) is 37.6 Å². The Labute approximate surface area is 120 Å². The zero-order valence-electron chi connectivity index (χ0n) is 11.1. The third kappa shape index (κ3) is 3.03. The Morgan fingerprint density at radius 2 is 2.15 bits per heavy atom. The van der Waals surface area contributed by atoms with Crippen molar-refractivity contribution in [3.8, 4) is 0 Å². The molecule has 0 spiro atoms. The molecule has 104 valence electrons. The van der Waals surface area contributed by atoms with Crippen LogP contribution in [0.15, 0.2) is 24.4 Å². The highest BCUT2D eigenvalue weighted by molar-refractivity contribution is 7.12. The number of amides is 1. The zero-order chi connectivity index (χ0) is 14.7. The number of carboxylic acid groups (broad SMARTS) is 1. The van der Waals surface area contributed by atoms with Gasteiger partial charge in [0.05, 0.1) is 12.1 Å². The van der Waals surface area contributed by atoms with E-state index in [0.29, 0.717) is 6.54 Å². The van der Waals surface area contributed by atoms with Crippen molar-refractivity contribution < 1.29 is 14.7 Å². The molecule has 2 aromatic rings. The van der Waals surface area contributed by atoms with Crippen LogP contribution in [0.3, 0.4) is 0 Å². The van der Waals surface area contributed by atoms with Gasteiger partial charge in [-0.1, -0.05) is 0 Å². The lowest BCUT2D eigenvalue weighted by Crippen LogP contribution is -2.25. The number of hydrogen-bond donors (Lipinski definition) is 2. The Hall–Kier alpha value is -2.21. The zero-order valence-corrected chi connectivity index (χ0v) is 12.0. The second-order valence-corrected chi connectivity index (χ2v) is 5.68. The molecule has 0 aromatic carbocycles. The minimum atomic E-state index is -1.16. The van der Waals surface area contributed by atoms with Crippen LogP contribution < -0.4 is 5.32 Å². The lowest BCUT2D eigenvalue weighted by atomic mass is 10.2. The molecule has 0 radical (unpaired) electrons. The topological polar surface area (TPSA) is 79.3 Å². The molecular weight excluding hydrogens is 276 g/mol. The Bertz CT molecular complexity index is 645. The monoisotopic (exact) mass is 290 g/mol. The number of carbonyl (C=O) groups excluding carboxylic acids is 1. The third-order valence-electron chi connectivity index (χ3n) is 2.89. The molecule has 0 unspecified atom stereocenters. The Morgan fingerprint density at radius 1 is 1.40 bits per heavy atom. The maximum absolute atomic E-state index is 12.0. The minimum Gasteiger partial charge on any atom is -0.478 e. The summed E-state index contributed by atoms with van der Waals surface area (Å²) in [4.78, 5) is 29.1. The predicted octanol–water partition coefficient (Wildman–Crippen LogP) is 2.39. The maximum Gasteiger partial charge on any atom is 0.338 e. The number of aromatic nitrogens is 1. The van der Waals surface area contributed by atoms with Gasteiger partial charge in [-0.25, -0.2) is 4.79 Å². The average molecular weight is 290 g/mol. The van der Waals surface area contributed by atoms with Gasteiger partial charge in [0, 0.05) is 16.0 Å². The van der Waals surface area contributed by atoms with Crippen molar-refractivity contribution in [2.75, 3.05) is 0 Å². The highest BCUT2D eigenvalue weighted by Gasteiger charge is 2.17. The second-order valence-electron chi connectivity index (χ2n) is 4.34. The predicted molar refractivity (Wildman–Crippen MR) is 76.2 cm³/mol. The van der Waals surface area contributed by atoms with Gasteiger partial charge in [-0.3, -0.25) is 9.78 Å². The van der Waals surface area contributed by atoms with Crippen molar-refractivity contribution in [2.45, 2.75) is 20.4 Å². The third-order valence-corrected chi connectivity index (χ3v) is 4.05. The quantitative estimate of drug-likeness (QED) is 0.906. The van der Waals surface area contributed by atoms with E-state index in [-0.39, 0.29) is 11.3 Å². The molecule has 0 saturated carbocycles. The summed E-state index contributed by atoms with van der Waals surface area (Å²) in [6.45, 7) is 4.40. The van der Waals surface area contributed by atoms with Crippen molar-refractivity contribution in [1.29, 1.82) is 0 Å².